The lowest BCUT2D eigenvalue weighted by Gasteiger charge is -1.97. The summed E-state index contributed by atoms with van der Waals surface area (Å²) in [5, 5.41) is 0. The molecular weight excluding hydrogens is 240 g/mol. The van der Waals surface area contributed by atoms with Gasteiger partial charge in [-0.25, -0.2) is 17.6 Å². The predicted octanol–water partition coefficient (Wildman–Crippen LogP) is -0.108. The van der Waals surface area contributed by atoms with E-state index in [4.69, 9.17) is 29.7 Å². The van der Waals surface area contributed by atoms with Crippen LogP contribution in [0, 0.1) is 11.7 Å². The average molecular weight is 252 g/mol. The number of aromatic nitrogens is 2. The van der Waals surface area contributed by atoms with Crippen molar-refractivity contribution in [3.05, 3.63) is 22.7 Å². The predicted molar refractivity (Wildman–Crippen MR) is 54.5 cm³/mol. The summed E-state index contributed by atoms with van der Waals surface area (Å²) in [5.74, 6) is 0. The van der Waals surface area contributed by atoms with Gasteiger partial charge < -0.3 is 4.55 Å². The van der Waals surface area contributed by atoms with Crippen LogP contribution in [-0.4, -0.2) is 22.1 Å². The summed E-state index contributed by atoms with van der Waals surface area (Å²) in [4.78, 5) is 0. The van der Waals surface area contributed by atoms with Gasteiger partial charge >= 0.3 is 4.77 Å². The van der Waals surface area contributed by atoms with Crippen molar-refractivity contribution in [2.75, 3.05) is 0 Å². The largest absolute Gasteiger partial charge is 0.726 e. The molecule has 1 rings (SSSR count). The highest BCUT2D eigenvalue weighted by Crippen LogP contribution is 1.91. The fourth-order valence-corrected chi connectivity index (χ4v) is 0.988. The molecule has 0 aliphatic carbocycles. The van der Waals surface area contributed by atoms with Crippen molar-refractivity contribution < 1.29 is 22.1 Å². The smallest absolute Gasteiger partial charge is 0.350 e. The summed E-state index contributed by atoms with van der Waals surface area (Å²) in [6.07, 6.45) is 1.97. The maximum Gasteiger partial charge on any atom is 0.350 e. The van der Waals surface area contributed by atoms with Crippen LogP contribution in [0.1, 0.15) is 5.69 Å². The first-order valence-electron chi connectivity index (χ1n) is 3.83. The van der Waals surface area contributed by atoms with Crippen molar-refractivity contribution in [1.29, 1.82) is 0 Å². The van der Waals surface area contributed by atoms with Crippen LogP contribution in [0.25, 0.3) is 0 Å². The van der Waals surface area contributed by atoms with Gasteiger partial charge in [-0.1, -0.05) is 0 Å². The second-order valence-electron chi connectivity index (χ2n) is 2.84. The first kappa shape index (κ1) is 14.2. The maximum absolute atomic E-state index is 8.63. The molecule has 0 saturated carbocycles. The standard InChI is InChI=1S/C7H11N2S.H2O4S/c1-6-4-5-8(2)7(10)9(6)3;1-5(2,3)4/h4-5H,1-3H3;(H2,1,2,3,4)/q+1;/p-1. The van der Waals surface area contributed by atoms with E-state index in [1.807, 2.05) is 42.4 Å². The lowest BCUT2D eigenvalue weighted by atomic mass is 10.4. The van der Waals surface area contributed by atoms with E-state index in [0.29, 0.717) is 0 Å². The van der Waals surface area contributed by atoms with E-state index in [9.17, 15) is 0 Å². The number of hydrogen-bond acceptors (Lipinski definition) is 4. The molecule has 0 fully saturated rings. The zero-order valence-electron chi connectivity index (χ0n) is 8.54. The fourth-order valence-electron chi connectivity index (χ4n) is 0.783. The third-order valence-corrected chi connectivity index (χ3v) is 2.22. The molecule has 0 bridgehead atoms. The molecule has 1 aromatic heterocycles. The monoisotopic (exact) mass is 252 g/mol. The van der Waals surface area contributed by atoms with Crippen LogP contribution in [0.4, 0.5) is 0 Å². The van der Waals surface area contributed by atoms with Gasteiger partial charge in [0.25, 0.3) is 0 Å². The Morgan fingerprint density at radius 1 is 1.60 bits per heavy atom. The number of nitrogens with zero attached hydrogens (tertiary/aromatic N) is 2. The van der Waals surface area contributed by atoms with Gasteiger partial charge in [0.2, 0.25) is 10.4 Å². The van der Waals surface area contributed by atoms with E-state index >= 15 is 0 Å². The molecule has 86 valence electrons. The highest BCUT2D eigenvalue weighted by Gasteiger charge is 2.00. The van der Waals surface area contributed by atoms with E-state index in [1.165, 1.54) is 5.69 Å². The second-order valence-corrected chi connectivity index (χ2v) is 4.06. The van der Waals surface area contributed by atoms with Gasteiger partial charge in [-0.15, -0.1) is 0 Å². The molecule has 0 radical (unpaired) electrons. The Balaban J connectivity index is 0.000000336. The molecule has 15 heavy (non-hydrogen) atoms. The number of rotatable bonds is 0. The van der Waals surface area contributed by atoms with Gasteiger partial charge in [0.15, 0.2) is 0 Å². The molecule has 0 aliphatic heterocycles. The van der Waals surface area contributed by atoms with Crippen molar-refractivity contribution in [3.63, 3.8) is 0 Å². The van der Waals surface area contributed by atoms with E-state index in [0.717, 1.165) is 4.77 Å². The maximum atomic E-state index is 8.63. The van der Waals surface area contributed by atoms with Crippen LogP contribution in [0.15, 0.2) is 12.3 Å². The van der Waals surface area contributed by atoms with Crippen molar-refractivity contribution in [2.24, 2.45) is 14.1 Å². The molecule has 0 aliphatic rings. The van der Waals surface area contributed by atoms with E-state index in [-0.39, 0.29) is 0 Å². The molecule has 0 aromatic carbocycles. The Hall–Kier alpha value is -0.830. The Morgan fingerprint density at radius 2 is 2.00 bits per heavy atom. The first-order valence-corrected chi connectivity index (χ1v) is 5.61. The topological polar surface area (TPSA) is 86.2 Å². The van der Waals surface area contributed by atoms with Crippen molar-refractivity contribution in [1.82, 2.24) is 4.57 Å². The van der Waals surface area contributed by atoms with Gasteiger partial charge in [-0.2, -0.15) is 0 Å². The van der Waals surface area contributed by atoms with Crippen LogP contribution < -0.4 is 4.57 Å². The third kappa shape index (κ3) is 6.28. The lowest BCUT2D eigenvalue weighted by Crippen LogP contribution is -2.32. The van der Waals surface area contributed by atoms with Gasteiger partial charge in [0, 0.05) is 18.3 Å². The molecule has 1 N–H and O–H groups in total. The quantitative estimate of drug-likeness (QED) is 0.301. The Bertz CT molecular complexity index is 484. The molecule has 0 spiro atoms. The molecule has 8 heteroatoms. The number of aryl methyl sites for hydroxylation is 2. The fraction of sp³-hybridized carbons (Fsp3) is 0.429. The van der Waals surface area contributed by atoms with Gasteiger partial charge in [-0.05, 0) is 6.92 Å². The average Bonchev–Trinajstić information content (AvgIpc) is 2.05. The molecule has 0 amide bonds. The summed E-state index contributed by atoms with van der Waals surface area (Å²) in [6.45, 7) is 2.04. The zero-order valence-corrected chi connectivity index (χ0v) is 10.2. The summed E-state index contributed by atoms with van der Waals surface area (Å²) in [5.41, 5.74) is 1.18. The van der Waals surface area contributed by atoms with Gasteiger partial charge in [-0.3, -0.25) is 4.55 Å². The van der Waals surface area contributed by atoms with Crippen LogP contribution in [-0.2, 0) is 24.5 Å². The Kier molecular flexibility index (Phi) is 5.01. The molecule has 0 saturated heterocycles. The van der Waals surface area contributed by atoms with Crippen molar-refractivity contribution in [3.8, 4) is 0 Å². The number of hydrogen-bond donors (Lipinski definition) is 1. The van der Waals surface area contributed by atoms with E-state index in [2.05, 4.69) is 0 Å². The Labute approximate surface area is 93.4 Å². The molecular formula is C7H12N2O4S2. The highest BCUT2D eigenvalue weighted by atomic mass is 32.3. The lowest BCUT2D eigenvalue weighted by molar-refractivity contribution is -0.683. The van der Waals surface area contributed by atoms with Gasteiger partial charge in [0.1, 0.15) is 5.69 Å². The van der Waals surface area contributed by atoms with Crippen LogP contribution >= 0.6 is 12.2 Å². The van der Waals surface area contributed by atoms with Crippen LogP contribution in [0.3, 0.4) is 0 Å². The van der Waals surface area contributed by atoms with Gasteiger partial charge in [0.05, 0.1) is 20.3 Å². The summed E-state index contributed by atoms with van der Waals surface area (Å²) in [6, 6.07) is 2.04. The Morgan fingerprint density at radius 3 is 2.33 bits per heavy atom. The minimum absolute atomic E-state index is 0.847. The van der Waals surface area contributed by atoms with E-state index in [1.54, 1.807) is 0 Å². The zero-order chi connectivity index (χ0) is 12.2. The highest BCUT2D eigenvalue weighted by molar-refractivity contribution is 7.79. The normalized spacial score (nSPS) is 10.5. The first-order chi connectivity index (χ1) is 6.63. The van der Waals surface area contributed by atoms with E-state index < -0.39 is 10.4 Å². The summed E-state index contributed by atoms with van der Waals surface area (Å²) < 4.78 is 37.6. The second kappa shape index (κ2) is 5.31. The third-order valence-electron chi connectivity index (χ3n) is 1.66. The molecule has 1 heterocycles. The minimum atomic E-state index is -4.92. The van der Waals surface area contributed by atoms with Crippen molar-refractivity contribution >= 4 is 22.6 Å². The molecule has 0 unspecified atom stereocenters. The molecule has 1 aromatic rings. The summed E-state index contributed by atoms with van der Waals surface area (Å²) >= 11 is 5.11. The summed E-state index contributed by atoms with van der Waals surface area (Å²) in [7, 11) is -1.00. The van der Waals surface area contributed by atoms with Crippen LogP contribution in [0.5, 0.6) is 0 Å². The minimum Gasteiger partial charge on any atom is -0.726 e. The molecule has 0 atom stereocenters. The molecule has 6 nitrogen and oxygen atoms in total. The van der Waals surface area contributed by atoms with Crippen LogP contribution in [0.2, 0.25) is 0 Å². The SMILES string of the molecule is Cc1cc[n+](C)c(=S)n1C.O=S(=O)([O-])O. The van der Waals surface area contributed by atoms with Crippen molar-refractivity contribution in [2.45, 2.75) is 6.92 Å².